The number of carbonyl (C=O) groups is 2. The summed E-state index contributed by atoms with van der Waals surface area (Å²) in [6.45, 7) is 9.29. The molecular weight excluding hydrogens is 392 g/mol. The van der Waals surface area contributed by atoms with Gasteiger partial charge in [-0.2, -0.15) is 0 Å². The number of rotatable bonds is 4. The predicted molar refractivity (Wildman–Crippen MR) is 111 cm³/mol. The third-order valence-electron chi connectivity index (χ3n) is 7.17. The Labute approximate surface area is 175 Å². The first kappa shape index (κ1) is 22.2. The van der Waals surface area contributed by atoms with Gasteiger partial charge < -0.3 is 20.6 Å². The standard InChI is InChI=1S/C21H32N2O5S/c1-19(2,3)17(28)23-18-22-16-11(8-15(26)27)20(4)7-6-14(25)21(5,10-24)13(20)9-12(16)29-18/h11,13-14,24-25H,6-10H2,1-5H3,(H,26,27)(H,22,23,28). The first-order chi connectivity index (χ1) is 13.3. The molecule has 2 aliphatic rings. The van der Waals surface area contributed by atoms with Crippen molar-refractivity contribution in [1.29, 1.82) is 0 Å². The highest BCUT2D eigenvalue weighted by Gasteiger charge is 2.59. The molecule has 8 heteroatoms. The summed E-state index contributed by atoms with van der Waals surface area (Å²) in [6.07, 6.45) is 1.11. The Morgan fingerprint density at radius 2 is 1.97 bits per heavy atom. The molecule has 3 rings (SSSR count). The van der Waals surface area contributed by atoms with Crippen molar-refractivity contribution in [2.45, 2.75) is 72.3 Å². The minimum atomic E-state index is -0.895. The van der Waals surface area contributed by atoms with Crippen molar-refractivity contribution in [3.8, 4) is 0 Å². The maximum absolute atomic E-state index is 12.4. The van der Waals surface area contributed by atoms with E-state index in [9.17, 15) is 24.9 Å². The van der Waals surface area contributed by atoms with E-state index in [-0.39, 0.29) is 30.8 Å². The van der Waals surface area contributed by atoms with Crippen LogP contribution in [0.2, 0.25) is 0 Å². The van der Waals surface area contributed by atoms with Crippen LogP contribution in [0.1, 0.15) is 70.4 Å². The number of nitrogens with zero attached hydrogens (tertiary/aromatic N) is 1. The summed E-state index contributed by atoms with van der Waals surface area (Å²) in [5, 5.41) is 33.8. The smallest absolute Gasteiger partial charge is 0.304 e. The minimum Gasteiger partial charge on any atom is -0.481 e. The van der Waals surface area contributed by atoms with Crippen LogP contribution in [0.15, 0.2) is 0 Å². The zero-order valence-electron chi connectivity index (χ0n) is 17.8. The molecule has 1 heterocycles. The van der Waals surface area contributed by atoms with E-state index >= 15 is 0 Å². The van der Waals surface area contributed by atoms with Crippen molar-refractivity contribution in [2.75, 3.05) is 11.9 Å². The number of aliphatic hydroxyl groups excluding tert-OH is 2. The van der Waals surface area contributed by atoms with Crippen LogP contribution in [0.5, 0.6) is 0 Å². The van der Waals surface area contributed by atoms with Crippen molar-refractivity contribution in [3.63, 3.8) is 0 Å². The summed E-state index contributed by atoms with van der Waals surface area (Å²) in [6, 6.07) is 0. The van der Waals surface area contributed by atoms with Gasteiger partial charge in [-0.1, -0.05) is 34.6 Å². The highest BCUT2D eigenvalue weighted by Crippen LogP contribution is 2.62. The fraction of sp³-hybridized carbons (Fsp3) is 0.762. The van der Waals surface area contributed by atoms with E-state index in [1.807, 2.05) is 27.7 Å². The van der Waals surface area contributed by atoms with Gasteiger partial charge in [0.2, 0.25) is 5.91 Å². The average Bonchev–Trinajstić information content (AvgIpc) is 3.01. The van der Waals surface area contributed by atoms with Crippen LogP contribution < -0.4 is 5.32 Å². The molecule has 1 aromatic rings. The Morgan fingerprint density at radius 3 is 2.52 bits per heavy atom. The molecule has 0 bridgehead atoms. The molecule has 1 amide bonds. The number of carboxylic acids is 1. The highest BCUT2D eigenvalue weighted by atomic mass is 32.1. The number of aromatic nitrogens is 1. The van der Waals surface area contributed by atoms with E-state index in [1.165, 1.54) is 11.3 Å². The lowest BCUT2D eigenvalue weighted by Crippen LogP contribution is -2.57. The minimum absolute atomic E-state index is 0.0615. The molecule has 1 fully saturated rings. The molecule has 0 aliphatic heterocycles. The predicted octanol–water partition coefficient (Wildman–Crippen LogP) is 3.02. The number of thiazole rings is 1. The van der Waals surface area contributed by atoms with Crippen LogP contribution in [0.25, 0.3) is 0 Å². The van der Waals surface area contributed by atoms with Crippen molar-refractivity contribution in [3.05, 3.63) is 10.6 Å². The van der Waals surface area contributed by atoms with Gasteiger partial charge in [0.1, 0.15) is 0 Å². The molecule has 5 unspecified atom stereocenters. The van der Waals surface area contributed by atoms with Crippen LogP contribution in [0.3, 0.4) is 0 Å². The number of fused-ring (bicyclic) bond motifs is 2. The zero-order valence-corrected chi connectivity index (χ0v) is 18.6. The molecule has 1 aromatic heterocycles. The SMILES string of the molecule is CC(C)(C)C(=O)Nc1nc2c(s1)CC1C(C)(CO)C(O)CCC1(C)C2CC(=O)O. The van der Waals surface area contributed by atoms with Gasteiger partial charge in [0, 0.05) is 21.6 Å². The highest BCUT2D eigenvalue weighted by molar-refractivity contribution is 7.15. The second-order valence-corrected chi connectivity index (χ2v) is 11.2. The molecule has 2 aliphatic carbocycles. The molecule has 162 valence electrons. The largest absolute Gasteiger partial charge is 0.481 e. The third-order valence-corrected chi connectivity index (χ3v) is 8.18. The van der Waals surface area contributed by atoms with Gasteiger partial charge in [-0.15, -0.1) is 11.3 Å². The summed E-state index contributed by atoms with van der Waals surface area (Å²) in [5.74, 6) is -1.44. The Balaban J connectivity index is 2.06. The summed E-state index contributed by atoms with van der Waals surface area (Å²) in [7, 11) is 0. The van der Waals surface area contributed by atoms with Crippen molar-refractivity contribution < 1.29 is 24.9 Å². The number of anilines is 1. The van der Waals surface area contributed by atoms with Gasteiger partial charge >= 0.3 is 5.97 Å². The molecule has 29 heavy (non-hydrogen) atoms. The first-order valence-corrected chi connectivity index (χ1v) is 11.0. The lowest BCUT2D eigenvalue weighted by atomic mass is 9.47. The average molecular weight is 425 g/mol. The van der Waals surface area contributed by atoms with Gasteiger partial charge in [0.25, 0.3) is 0 Å². The maximum atomic E-state index is 12.4. The van der Waals surface area contributed by atoms with Crippen LogP contribution in [0.4, 0.5) is 5.13 Å². The topological polar surface area (TPSA) is 120 Å². The van der Waals surface area contributed by atoms with E-state index in [0.29, 0.717) is 24.4 Å². The molecular formula is C21H32N2O5S. The van der Waals surface area contributed by atoms with Gasteiger partial charge in [-0.3, -0.25) is 9.59 Å². The van der Waals surface area contributed by atoms with Crippen LogP contribution in [-0.2, 0) is 16.0 Å². The number of carboxylic acid groups (broad SMARTS) is 1. The van der Waals surface area contributed by atoms with Gasteiger partial charge in [0.15, 0.2) is 5.13 Å². The molecule has 4 N–H and O–H groups in total. The van der Waals surface area contributed by atoms with Crippen LogP contribution in [0, 0.1) is 22.2 Å². The molecule has 0 saturated heterocycles. The molecule has 7 nitrogen and oxygen atoms in total. The summed E-state index contributed by atoms with van der Waals surface area (Å²) < 4.78 is 0. The van der Waals surface area contributed by atoms with Gasteiger partial charge in [-0.05, 0) is 30.6 Å². The lowest BCUT2D eigenvalue weighted by molar-refractivity contribution is -0.150. The maximum Gasteiger partial charge on any atom is 0.304 e. The number of nitrogens with one attached hydrogen (secondary N) is 1. The Kier molecular flexibility index (Phi) is 5.60. The Morgan fingerprint density at radius 1 is 1.31 bits per heavy atom. The number of aliphatic carboxylic acids is 1. The number of hydrogen-bond donors (Lipinski definition) is 4. The second-order valence-electron chi connectivity index (χ2n) is 10.2. The molecule has 5 atom stereocenters. The van der Waals surface area contributed by atoms with Crippen molar-refractivity contribution in [2.24, 2.45) is 22.2 Å². The monoisotopic (exact) mass is 424 g/mol. The van der Waals surface area contributed by atoms with E-state index in [0.717, 1.165) is 10.6 Å². The second kappa shape index (κ2) is 7.32. The Hall–Kier alpha value is -1.51. The van der Waals surface area contributed by atoms with E-state index in [4.69, 9.17) is 0 Å². The Bertz CT molecular complexity index is 816. The van der Waals surface area contributed by atoms with Crippen LogP contribution >= 0.6 is 11.3 Å². The summed E-state index contributed by atoms with van der Waals surface area (Å²) >= 11 is 1.38. The fourth-order valence-electron chi connectivity index (χ4n) is 5.16. The summed E-state index contributed by atoms with van der Waals surface area (Å²) in [4.78, 5) is 29.7. The van der Waals surface area contributed by atoms with Crippen molar-refractivity contribution >= 4 is 28.3 Å². The lowest BCUT2D eigenvalue weighted by Gasteiger charge is -2.58. The molecule has 0 radical (unpaired) electrons. The van der Waals surface area contributed by atoms with E-state index in [1.54, 1.807) is 0 Å². The number of carbonyl (C=O) groups excluding carboxylic acids is 1. The quantitative estimate of drug-likeness (QED) is 0.590. The normalized spacial score (nSPS) is 34.2. The number of hydrogen-bond acceptors (Lipinski definition) is 6. The third kappa shape index (κ3) is 3.70. The van der Waals surface area contributed by atoms with E-state index in [2.05, 4.69) is 17.2 Å². The first-order valence-electron chi connectivity index (χ1n) is 10.1. The van der Waals surface area contributed by atoms with Gasteiger partial charge in [-0.25, -0.2) is 4.98 Å². The zero-order chi connectivity index (χ0) is 21.8. The van der Waals surface area contributed by atoms with Crippen LogP contribution in [-0.4, -0.2) is 44.9 Å². The van der Waals surface area contributed by atoms with Crippen molar-refractivity contribution in [1.82, 2.24) is 4.98 Å². The fourth-order valence-corrected chi connectivity index (χ4v) is 6.22. The molecule has 0 aromatic carbocycles. The summed E-state index contributed by atoms with van der Waals surface area (Å²) in [5.41, 5.74) is -0.925. The number of amides is 1. The molecule has 1 saturated carbocycles. The number of aliphatic hydroxyl groups is 2. The van der Waals surface area contributed by atoms with Gasteiger partial charge in [0.05, 0.1) is 24.8 Å². The molecule has 0 spiro atoms. The van der Waals surface area contributed by atoms with E-state index < -0.39 is 28.3 Å².